The highest BCUT2D eigenvalue weighted by molar-refractivity contribution is 5.38. The SMILES string of the molecule is CNC(c1cc(C)cc(C)c1)c1ccc(C)cc1F. The number of hydrogen-bond acceptors (Lipinski definition) is 1. The van der Waals surface area contributed by atoms with Crippen LogP contribution < -0.4 is 5.32 Å². The van der Waals surface area contributed by atoms with Gasteiger partial charge in [0.05, 0.1) is 6.04 Å². The van der Waals surface area contributed by atoms with Crippen LogP contribution in [0.3, 0.4) is 0 Å². The summed E-state index contributed by atoms with van der Waals surface area (Å²) in [6, 6.07) is 11.6. The number of benzene rings is 2. The van der Waals surface area contributed by atoms with Gasteiger partial charge in [-0.1, -0.05) is 41.5 Å². The third-order valence-electron chi connectivity index (χ3n) is 3.33. The topological polar surface area (TPSA) is 12.0 Å². The van der Waals surface area contributed by atoms with Gasteiger partial charge in [0, 0.05) is 5.56 Å². The van der Waals surface area contributed by atoms with E-state index in [1.807, 2.05) is 26.1 Å². The summed E-state index contributed by atoms with van der Waals surface area (Å²) in [5.41, 5.74) is 5.13. The highest BCUT2D eigenvalue weighted by atomic mass is 19.1. The molecule has 0 saturated heterocycles. The Morgan fingerprint density at radius 1 is 0.895 bits per heavy atom. The van der Waals surface area contributed by atoms with E-state index in [9.17, 15) is 4.39 Å². The van der Waals surface area contributed by atoms with Gasteiger partial charge in [0.25, 0.3) is 0 Å². The van der Waals surface area contributed by atoms with Crippen LogP contribution in [0.1, 0.15) is 33.9 Å². The number of hydrogen-bond donors (Lipinski definition) is 1. The quantitative estimate of drug-likeness (QED) is 0.874. The Hall–Kier alpha value is -1.67. The standard InChI is InChI=1S/C17H20FN/c1-11-5-6-15(16(18)10-11)17(19-4)14-8-12(2)7-13(3)9-14/h5-10,17,19H,1-4H3. The van der Waals surface area contributed by atoms with Crippen LogP contribution in [0, 0.1) is 26.6 Å². The van der Waals surface area contributed by atoms with Crippen molar-refractivity contribution in [2.75, 3.05) is 7.05 Å². The molecular formula is C17H20FN. The second kappa shape index (κ2) is 5.54. The van der Waals surface area contributed by atoms with Crippen molar-refractivity contribution in [3.63, 3.8) is 0 Å². The Kier molecular flexibility index (Phi) is 4.01. The zero-order chi connectivity index (χ0) is 14.0. The smallest absolute Gasteiger partial charge is 0.128 e. The molecule has 1 nitrogen and oxygen atoms in total. The first-order chi connectivity index (χ1) is 9.01. The lowest BCUT2D eigenvalue weighted by molar-refractivity contribution is 0.575. The fourth-order valence-corrected chi connectivity index (χ4v) is 2.54. The number of nitrogens with one attached hydrogen (secondary N) is 1. The van der Waals surface area contributed by atoms with Crippen molar-refractivity contribution in [2.24, 2.45) is 0 Å². The van der Waals surface area contributed by atoms with Gasteiger partial charge in [-0.15, -0.1) is 0 Å². The molecule has 0 aliphatic rings. The summed E-state index contributed by atoms with van der Waals surface area (Å²) in [6.07, 6.45) is 0. The van der Waals surface area contributed by atoms with E-state index in [0.717, 1.165) is 11.1 Å². The minimum absolute atomic E-state index is 0.112. The summed E-state index contributed by atoms with van der Waals surface area (Å²) < 4.78 is 14.1. The van der Waals surface area contributed by atoms with Crippen molar-refractivity contribution in [3.05, 3.63) is 70.0 Å². The van der Waals surface area contributed by atoms with Gasteiger partial charge in [-0.25, -0.2) is 4.39 Å². The molecule has 0 fully saturated rings. The van der Waals surface area contributed by atoms with E-state index in [2.05, 4.69) is 37.4 Å². The highest BCUT2D eigenvalue weighted by Crippen LogP contribution is 2.26. The van der Waals surface area contributed by atoms with Gasteiger partial charge in [0.1, 0.15) is 5.82 Å². The van der Waals surface area contributed by atoms with Gasteiger partial charge < -0.3 is 5.32 Å². The molecule has 2 aromatic carbocycles. The third-order valence-corrected chi connectivity index (χ3v) is 3.33. The van der Waals surface area contributed by atoms with Gasteiger partial charge in [-0.2, -0.15) is 0 Å². The minimum Gasteiger partial charge on any atom is -0.309 e. The van der Waals surface area contributed by atoms with E-state index in [4.69, 9.17) is 0 Å². The van der Waals surface area contributed by atoms with E-state index in [0.29, 0.717) is 5.56 Å². The van der Waals surface area contributed by atoms with E-state index in [-0.39, 0.29) is 11.9 Å². The molecule has 2 rings (SSSR count). The van der Waals surface area contributed by atoms with Crippen molar-refractivity contribution in [1.29, 1.82) is 0 Å². The molecule has 1 N–H and O–H groups in total. The maximum absolute atomic E-state index is 14.1. The van der Waals surface area contributed by atoms with Crippen LogP contribution in [0.5, 0.6) is 0 Å². The minimum atomic E-state index is -0.154. The van der Waals surface area contributed by atoms with Crippen molar-refractivity contribution in [3.8, 4) is 0 Å². The first-order valence-electron chi connectivity index (χ1n) is 6.53. The predicted molar refractivity (Wildman–Crippen MR) is 78.0 cm³/mol. The van der Waals surface area contributed by atoms with Gasteiger partial charge in [-0.05, 0) is 45.0 Å². The fourth-order valence-electron chi connectivity index (χ4n) is 2.54. The van der Waals surface area contributed by atoms with Crippen molar-refractivity contribution in [2.45, 2.75) is 26.8 Å². The fraction of sp³-hybridized carbons (Fsp3) is 0.294. The van der Waals surface area contributed by atoms with Gasteiger partial charge in [0.15, 0.2) is 0 Å². The average Bonchev–Trinajstić information content (AvgIpc) is 2.31. The maximum atomic E-state index is 14.1. The van der Waals surface area contributed by atoms with Crippen LogP contribution in [0.15, 0.2) is 36.4 Å². The lowest BCUT2D eigenvalue weighted by atomic mass is 9.95. The van der Waals surface area contributed by atoms with Crippen molar-refractivity contribution in [1.82, 2.24) is 5.32 Å². The molecule has 0 bridgehead atoms. The molecule has 0 aromatic heterocycles. The van der Waals surface area contributed by atoms with Gasteiger partial charge in [0.2, 0.25) is 0 Å². The van der Waals surface area contributed by atoms with E-state index < -0.39 is 0 Å². The van der Waals surface area contributed by atoms with E-state index >= 15 is 0 Å². The molecule has 1 atom stereocenters. The summed E-state index contributed by atoms with van der Waals surface area (Å²) in [5, 5.41) is 3.21. The summed E-state index contributed by atoms with van der Waals surface area (Å²) in [6.45, 7) is 6.03. The monoisotopic (exact) mass is 257 g/mol. The number of aryl methyl sites for hydroxylation is 3. The lowest BCUT2D eigenvalue weighted by Crippen LogP contribution is -2.19. The largest absolute Gasteiger partial charge is 0.309 e. The molecule has 2 heteroatoms. The Morgan fingerprint density at radius 3 is 2.05 bits per heavy atom. The molecule has 2 aromatic rings. The number of halogens is 1. The summed E-state index contributed by atoms with van der Waals surface area (Å²) in [7, 11) is 1.86. The Labute approximate surface area is 114 Å². The van der Waals surface area contributed by atoms with E-state index in [1.54, 1.807) is 6.07 Å². The molecule has 0 aliphatic carbocycles. The maximum Gasteiger partial charge on any atom is 0.128 e. The van der Waals surface area contributed by atoms with E-state index in [1.165, 1.54) is 11.1 Å². The Bertz CT molecular complexity index is 570. The number of rotatable bonds is 3. The van der Waals surface area contributed by atoms with Crippen LogP contribution >= 0.6 is 0 Å². The first kappa shape index (κ1) is 13.8. The molecule has 0 amide bonds. The zero-order valence-electron chi connectivity index (χ0n) is 11.9. The zero-order valence-corrected chi connectivity index (χ0v) is 11.9. The molecule has 1 unspecified atom stereocenters. The predicted octanol–water partition coefficient (Wildman–Crippen LogP) is 4.06. The van der Waals surface area contributed by atoms with Crippen LogP contribution in [-0.4, -0.2) is 7.05 Å². The summed E-state index contributed by atoms with van der Waals surface area (Å²) in [5.74, 6) is -0.154. The summed E-state index contributed by atoms with van der Waals surface area (Å²) in [4.78, 5) is 0. The second-order valence-corrected chi connectivity index (χ2v) is 5.17. The third kappa shape index (κ3) is 3.02. The van der Waals surface area contributed by atoms with Crippen LogP contribution in [-0.2, 0) is 0 Å². The highest BCUT2D eigenvalue weighted by Gasteiger charge is 2.16. The van der Waals surface area contributed by atoms with Gasteiger partial charge >= 0.3 is 0 Å². The average molecular weight is 257 g/mol. The van der Waals surface area contributed by atoms with Crippen LogP contribution in [0.4, 0.5) is 4.39 Å². The molecule has 0 radical (unpaired) electrons. The van der Waals surface area contributed by atoms with Crippen LogP contribution in [0.25, 0.3) is 0 Å². The molecule has 100 valence electrons. The summed E-state index contributed by atoms with van der Waals surface area (Å²) >= 11 is 0. The van der Waals surface area contributed by atoms with Crippen molar-refractivity contribution >= 4 is 0 Å². The molecule has 19 heavy (non-hydrogen) atoms. The van der Waals surface area contributed by atoms with Crippen LogP contribution in [0.2, 0.25) is 0 Å². The molecule has 0 aliphatic heterocycles. The lowest BCUT2D eigenvalue weighted by Gasteiger charge is -2.19. The normalized spacial score (nSPS) is 12.5. The Balaban J connectivity index is 2.49. The second-order valence-electron chi connectivity index (χ2n) is 5.17. The van der Waals surface area contributed by atoms with Gasteiger partial charge in [-0.3, -0.25) is 0 Å². The molecule has 0 spiro atoms. The van der Waals surface area contributed by atoms with Crippen molar-refractivity contribution < 1.29 is 4.39 Å². The molecule has 0 saturated carbocycles. The Morgan fingerprint density at radius 2 is 1.53 bits per heavy atom. The molecule has 0 heterocycles. The first-order valence-corrected chi connectivity index (χ1v) is 6.53. The molecular weight excluding hydrogens is 237 g/mol.